The van der Waals surface area contributed by atoms with E-state index < -0.39 is 17.2 Å². The van der Waals surface area contributed by atoms with Gasteiger partial charge in [0.25, 0.3) is 11.5 Å². The topological polar surface area (TPSA) is 138 Å². The van der Waals surface area contributed by atoms with E-state index in [1.807, 2.05) is 34.6 Å². The largest absolute Gasteiger partial charge is 0.490 e. The first kappa shape index (κ1) is 27.8. The Morgan fingerprint density at radius 3 is 2.11 bits per heavy atom. The molecule has 0 aliphatic heterocycles. The van der Waals surface area contributed by atoms with Gasteiger partial charge >= 0.3 is 5.69 Å². The minimum absolute atomic E-state index is 0.0175. The predicted molar refractivity (Wildman–Crippen MR) is 134 cm³/mol. The van der Waals surface area contributed by atoms with Crippen LogP contribution in [0.4, 0.5) is 11.5 Å². The van der Waals surface area contributed by atoms with E-state index in [2.05, 4.69) is 4.98 Å². The molecule has 1 heterocycles. The van der Waals surface area contributed by atoms with E-state index in [1.54, 1.807) is 0 Å². The molecule has 0 fully saturated rings. The van der Waals surface area contributed by atoms with Gasteiger partial charge in [0, 0.05) is 25.8 Å². The number of rotatable bonds is 13. The van der Waals surface area contributed by atoms with Crippen LogP contribution in [0.2, 0.25) is 0 Å². The first-order valence-electron chi connectivity index (χ1n) is 11.7. The summed E-state index contributed by atoms with van der Waals surface area (Å²) in [6.07, 6.45) is 0. The number of hydrogen-bond acceptors (Lipinski definition) is 8. The number of carbonyl (C=O) groups excluding carboxylic acids is 1. The fraction of sp³-hybridized carbons (Fsp3) is 0.542. The summed E-state index contributed by atoms with van der Waals surface area (Å²) in [5, 5.41) is 0. The molecular formula is C24H36N4O7. The molecule has 3 N–H and O–H groups in total. The van der Waals surface area contributed by atoms with Crippen molar-refractivity contribution in [3.05, 3.63) is 38.5 Å². The SMILES string of the molecule is CCOc1cc(C(=O)N(CCOC)c2c(N)n(CC(C)C)c(=O)[nH]c2=O)cc(OCC)c1OCC. The number of methoxy groups -OCH3 is 1. The number of nitrogens with zero attached hydrogens (tertiary/aromatic N) is 2. The zero-order chi connectivity index (χ0) is 26.1. The second-order valence-electron chi connectivity index (χ2n) is 8.05. The highest BCUT2D eigenvalue weighted by molar-refractivity contribution is 6.08. The van der Waals surface area contributed by atoms with E-state index >= 15 is 0 Å². The summed E-state index contributed by atoms with van der Waals surface area (Å²) >= 11 is 0. The first-order valence-corrected chi connectivity index (χ1v) is 11.7. The Morgan fingerprint density at radius 1 is 1.06 bits per heavy atom. The summed E-state index contributed by atoms with van der Waals surface area (Å²) in [5.74, 6) is 0.491. The molecule has 194 valence electrons. The van der Waals surface area contributed by atoms with E-state index in [-0.39, 0.29) is 42.7 Å². The fourth-order valence-corrected chi connectivity index (χ4v) is 3.55. The molecule has 0 unspecified atom stereocenters. The fourth-order valence-electron chi connectivity index (χ4n) is 3.55. The van der Waals surface area contributed by atoms with Gasteiger partial charge in [-0.15, -0.1) is 0 Å². The Bertz CT molecular complexity index is 1100. The van der Waals surface area contributed by atoms with Gasteiger partial charge in [-0.25, -0.2) is 4.79 Å². The van der Waals surface area contributed by atoms with E-state index in [0.29, 0.717) is 37.1 Å². The second-order valence-corrected chi connectivity index (χ2v) is 8.05. The highest BCUT2D eigenvalue weighted by Crippen LogP contribution is 2.39. The van der Waals surface area contributed by atoms with Gasteiger partial charge in [-0.1, -0.05) is 13.8 Å². The summed E-state index contributed by atoms with van der Waals surface area (Å²) in [6.45, 7) is 10.7. The smallest absolute Gasteiger partial charge is 0.330 e. The summed E-state index contributed by atoms with van der Waals surface area (Å²) in [7, 11) is 1.48. The van der Waals surface area contributed by atoms with Gasteiger partial charge in [0.2, 0.25) is 5.75 Å². The molecule has 0 saturated carbocycles. The molecule has 11 nitrogen and oxygen atoms in total. The van der Waals surface area contributed by atoms with Crippen LogP contribution in [0.15, 0.2) is 21.7 Å². The maximum Gasteiger partial charge on any atom is 0.330 e. The Morgan fingerprint density at radius 2 is 1.63 bits per heavy atom. The number of amides is 1. The monoisotopic (exact) mass is 492 g/mol. The Balaban J connectivity index is 2.71. The molecule has 0 spiro atoms. The van der Waals surface area contributed by atoms with Gasteiger partial charge in [0.15, 0.2) is 17.2 Å². The number of aromatic nitrogens is 2. The Kier molecular flexibility index (Phi) is 10.2. The molecule has 0 aliphatic rings. The van der Waals surface area contributed by atoms with Crippen LogP contribution in [0.3, 0.4) is 0 Å². The molecule has 0 saturated heterocycles. The van der Waals surface area contributed by atoms with Gasteiger partial charge in [-0.3, -0.25) is 24.0 Å². The number of aromatic amines is 1. The van der Waals surface area contributed by atoms with E-state index in [9.17, 15) is 14.4 Å². The zero-order valence-electron chi connectivity index (χ0n) is 21.3. The average molecular weight is 493 g/mol. The van der Waals surface area contributed by atoms with Crippen LogP contribution in [-0.2, 0) is 11.3 Å². The van der Waals surface area contributed by atoms with Crippen molar-refractivity contribution in [1.82, 2.24) is 9.55 Å². The van der Waals surface area contributed by atoms with Crippen molar-refractivity contribution in [2.75, 3.05) is 50.7 Å². The summed E-state index contributed by atoms with van der Waals surface area (Å²) in [6, 6.07) is 3.07. The number of carbonyl (C=O) groups is 1. The molecule has 1 aromatic carbocycles. The van der Waals surface area contributed by atoms with Gasteiger partial charge < -0.3 is 24.7 Å². The van der Waals surface area contributed by atoms with Crippen LogP contribution in [0.25, 0.3) is 0 Å². The minimum Gasteiger partial charge on any atom is -0.490 e. The van der Waals surface area contributed by atoms with Crippen LogP contribution in [-0.4, -0.2) is 55.5 Å². The average Bonchev–Trinajstić information content (AvgIpc) is 2.80. The maximum absolute atomic E-state index is 13.8. The number of benzene rings is 1. The van der Waals surface area contributed by atoms with Gasteiger partial charge in [-0.05, 0) is 38.8 Å². The van der Waals surface area contributed by atoms with Gasteiger partial charge in [0.1, 0.15) is 5.82 Å². The number of hydrogen-bond donors (Lipinski definition) is 2. The van der Waals surface area contributed by atoms with Crippen LogP contribution in [0.1, 0.15) is 45.0 Å². The summed E-state index contributed by atoms with van der Waals surface area (Å²) < 4.78 is 23.6. The lowest BCUT2D eigenvalue weighted by atomic mass is 10.1. The molecule has 0 atom stereocenters. The molecule has 2 rings (SSSR count). The third-order valence-electron chi connectivity index (χ3n) is 4.95. The van der Waals surface area contributed by atoms with Crippen molar-refractivity contribution >= 4 is 17.4 Å². The Hall–Kier alpha value is -3.47. The lowest BCUT2D eigenvalue weighted by Crippen LogP contribution is -2.43. The highest BCUT2D eigenvalue weighted by Gasteiger charge is 2.27. The highest BCUT2D eigenvalue weighted by atomic mass is 16.5. The molecule has 35 heavy (non-hydrogen) atoms. The lowest BCUT2D eigenvalue weighted by Gasteiger charge is -2.25. The Labute approximate surface area is 204 Å². The molecule has 0 aliphatic carbocycles. The van der Waals surface area contributed by atoms with Crippen LogP contribution in [0.5, 0.6) is 17.2 Å². The normalized spacial score (nSPS) is 10.9. The van der Waals surface area contributed by atoms with Crippen LogP contribution in [0, 0.1) is 5.92 Å². The molecular weight excluding hydrogens is 456 g/mol. The second kappa shape index (κ2) is 12.8. The van der Waals surface area contributed by atoms with Gasteiger partial charge in [-0.2, -0.15) is 0 Å². The zero-order valence-corrected chi connectivity index (χ0v) is 21.3. The molecule has 11 heteroatoms. The summed E-state index contributed by atoms with van der Waals surface area (Å²) in [5.41, 5.74) is 4.94. The molecule has 0 radical (unpaired) electrons. The summed E-state index contributed by atoms with van der Waals surface area (Å²) in [4.78, 5) is 42.5. The lowest BCUT2D eigenvalue weighted by molar-refractivity contribution is 0.0974. The van der Waals surface area contributed by atoms with Crippen molar-refractivity contribution < 1.29 is 23.7 Å². The number of ether oxygens (including phenoxy) is 4. The minimum atomic E-state index is -0.766. The van der Waals surface area contributed by atoms with Crippen LogP contribution >= 0.6 is 0 Å². The van der Waals surface area contributed by atoms with Crippen molar-refractivity contribution in [2.24, 2.45) is 5.92 Å². The first-order chi connectivity index (χ1) is 16.7. The number of H-pyrrole nitrogens is 1. The van der Waals surface area contributed by atoms with Gasteiger partial charge in [0.05, 0.1) is 26.4 Å². The maximum atomic E-state index is 13.8. The van der Waals surface area contributed by atoms with E-state index in [0.717, 1.165) is 0 Å². The van der Waals surface area contributed by atoms with Crippen molar-refractivity contribution in [3.63, 3.8) is 0 Å². The van der Waals surface area contributed by atoms with Crippen LogP contribution < -0.4 is 36.1 Å². The number of nitrogen functional groups attached to an aromatic ring is 1. The van der Waals surface area contributed by atoms with Crippen molar-refractivity contribution in [2.45, 2.75) is 41.2 Å². The quantitative estimate of drug-likeness (QED) is 0.434. The van der Waals surface area contributed by atoms with Crippen molar-refractivity contribution in [1.29, 1.82) is 0 Å². The number of nitrogens with two attached hydrogens (primary N) is 1. The number of anilines is 2. The third kappa shape index (κ3) is 6.56. The number of nitrogens with one attached hydrogen (secondary N) is 1. The predicted octanol–water partition coefficient (Wildman–Crippen LogP) is 2.26. The van der Waals surface area contributed by atoms with Crippen molar-refractivity contribution in [3.8, 4) is 17.2 Å². The third-order valence-corrected chi connectivity index (χ3v) is 4.95. The molecule has 0 bridgehead atoms. The molecule has 1 amide bonds. The standard InChI is InChI=1S/C24H36N4O7/c1-7-33-17-12-16(13-18(34-8-2)20(17)35-9-3)23(30)27(10-11-32-6)19-21(25)28(14-15(4)5)24(31)26-22(19)29/h12-13,15H,7-11,14,25H2,1-6H3,(H,26,29,31). The van der Waals surface area contributed by atoms with E-state index in [4.69, 9.17) is 24.7 Å². The molecule has 2 aromatic rings. The van der Waals surface area contributed by atoms with E-state index in [1.165, 1.54) is 28.7 Å². The molecule has 1 aromatic heterocycles.